The maximum atomic E-state index is 12.5. The molecule has 0 aromatic rings. The van der Waals surface area contributed by atoms with E-state index < -0.39 is 12.1 Å². The molecule has 0 fully saturated rings. The minimum atomic E-state index is -0.855. The largest absolute Gasteiger partial charge is 0.466 e. The Kier molecular flexibility index (Phi) is 55.0. The van der Waals surface area contributed by atoms with Gasteiger partial charge in [-0.1, -0.05) is 256 Å². The fourth-order valence-corrected chi connectivity index (χ4v) is 9.03. The van der Waals surface area contributed by atoms with E-state index in [1.807, 2.05) is 6.08 Å². The van der Waals surface area contributed by atoms with E-state index in [4.69, 9.17) is 4.74 Å². The molecule has 1 amide bonds. The fourth-order valence-electron chi connectivity index (χ4n) is 9.03. The van der Waals surface area contributed by atoms with E-state index in [-0.39, 0.29) is 18.5 Å². The number of amides is 1. The summed E-state index contributed by atoms with van der Waals surface area (Å²) in [5.74, 6) is -0.0939. The van der Waals surface area contributed by atoms with E-state index in [0.29, 0.717) is 19.4 Å². The van der Waals surface area contributed by atoms with Crippen LogP contribution in [0.3, 0.4) is 0 Å². The number of nitrogens with one attached hydrogen (secondary N) is 1. The van der Waals surface area contributed by atoms with Gasteiger partial charge >= 0.3 is 5.97 Å². The minimum absolute atomic E-state index is 0.0116. The molecule has 0 rings (SSSR count). The van der Waals surface area contributed by atoms with Gasteiger partial charge < -0.3 is 20.3 Å². The zero-order valence-corrected chi connectivity index (χ0v) is 44.9. The van der Waals surface area contributed by atoms with Crippen molar-refractivity contribution in [1.82, 2.24) is 5.32 Å². The molecule has 0 aliphatic rings. The normalized spacial score (nSPS) is 12.8. The number of unbranched alkanes of at least 4 members (excludes halogenated alkanes) is 40. The predicted octanol–water partition coefficient (Wildman–Crippen LogP) is 18.4. The summed E-state index contributed by atoms with van der Waals surface area (Å²) in [5.41, 5.74) is 0. The molecule has 0 aliphatic carbocycles. The van der Waals surface area contributed by atoms with E-state index in [1.165, 1.54) is 218 Å². The highest BCUT2D eigenvalue weighted by atomic mass is 16.5. The molecule has 6 heteroatoms. The molecule has 0 aromatic carbocycles. The summed E-state index contributed by atoms with van der Waals surface area (Å²) in [6.45, 7) is 4.87. The molecule has 67 heavy (non-hydrogen) atoms. The molecular formula is C61H115NO5. The number of carbonyl (C=O) groups is 2. The molecule has 0 aromatic heterocycles. The maximum absolute atomic E-state index is 12.5. The third kappa shape index (κ3) is 53.3. The average molecular weight is 943 g/mol. The lowest BCUT2D eigenvalue weighted by Crippen LogP contribution is -2.45. The van der Waals surface area contributed by atoms with Crippen LogP contribution in [-0.4, -0.2) is 47.4 Å². The number of allylic oxidation sites excluding steroid dienone is 5. The van der Waals surface area contributed by atoms with Crippen molar-refractivity contribution in [3.63, 3.8) is 0 Å². The van der Waals surface area contributed by atoms with Gasteiger partial charge in [-0.2, -0.15) is 0 Å². The predicted molar refractivity (Wildman–Crippen MR) is 292 cm³/mol. The topological polar surface area (TPSA) is 95.9 Å². The number of carbonyl (C=O) groups excluding carboxylic acids is 2. The summed E-state index contributed by atoms with van der Waals surface area (Å²) in [4.78, 5) is 24.5. The lowest BCUT2D eigenvalue weighted by Gasteiger charge is -2.20. The summed E-state index contributed by atoms with van der Waals surface area (Å²) in [5, 5.41) is 23.1. The highest BCUT2D eigenvalue weighted by molar-refractivity contribution is 5.76. The van der Waals surface area contributed by atoms with Crippen molar-refractivity contribution in [3.8, 4) is 0 Å². The highest BCUT2D eigenvalue weighted by Crippen LogP contribution is 2.16. The molecule has 6 nitrogen and oxygen atoms in total. The van der Waals surface area contributed by atoms with Crippen LogP contribution < -0.4 is 5.32 Å². The Bertz CT molecular complexity index is 1090. The number of esters is 1. The second kappa shape index (κ2) is 56.7. The Hall–Kier alpha value is -1.92. The second-order valence-corrected chi connectivity index (χ2v) is 20.3. The molecule has 0 bridgehead atoms. The second-order valence-electron chi connectivity index (χ2n) is 20.3. The van der Waals surface area contributed by atoms with Crippen LogP contribution in [0.1, 0.15) is 316 Å². The summed E-state index contributed by atoms with van der Waals surface area (Å²) < 4.78 is 5.48. The van der Waals surface area contributed by atoms with Crippen LogP contribution in [0.2, 0.25) is 0 Å². The monoisotopic (exact) mass is 942 g/mol. The quantitative estimate of drug-likeness (QED) is 0.0321. The Morgan fingerprint density at radius 3 is 1.06 bits per heavy atom. The van der Waals surface area contributed by atoms with Gasteiger partial charge in [0.05, 0.1) is 25.4 Å². The van der Waals surface area contributed by atoms with Crippen molar-refractivity contribution in [2.24, 2.45) is 0 Å². The van der Waals surface area contributed by atoms with Gasteiger partial charge in [-0.05, 0) is 83.5 Å². The van der Waals surface area contributed by atoms with Crippen molar-refractivity contribution in [1.29, 1.82) is 0 Å². The van der Waals surface area contributed by atoms with E-state index in [9.17, 15) is 19.8 Å². The van der Waals surface area contributed by atoms with Gasteiger partial charge in [0.25, 0.3) is 0 Å². The Morgan fingerprint density at radius 1 is 0.403 bits per heavy atom. The van der Waals surface area contributed by atoms with E-state index in [2.05, 4.69) is 43.5 Å². The molecule has 0 radical (unpaired) electrons. The molecule has 0 spiro atoms. The van der Waals surface area contributed by atoms with Gasteiger partial charge in [0.1, 0.15) is 0 Å². The first-order valence-electron chi connectivity index (χ1n) is 29.8. The summed E-state index contributed by atoms with van der Waals surface area (Å²) in [6.07, 6.45) is 70.2. The summed E-state index contributed by atoms with van der Waals surface area (Å²) >= 11 is 0. The van der Waals surface area contributed by atoms with Crippen LogP contribution >= 0.6 is 0 Å². The van der Waals surface area contributed by atoms with Gasteiger partial charge in [-0.3, -0.25) is 9.59 Å². The molecule has 394 valence electrons. The van der Waals surface area contributed by atoms with Crippen molar-refractivity contribution < 1.29 is 24.5 Å². The van der Waals surface area contributed by atoms with Gasteiger partial charge in [-0.25, -0.2) is 0 Å². The molecule has 0 heterocycles. The summed E-state index contributed by atoms with van der Waals surface area (Å²) in [7, 11) is 0. The number of aliphatic hydroxyl groups excluding tert-OH is 2. The van der Waals surface area contributed by atoms with Crippen LogP contribution in [0.5, 0.6) is 0 Å². The maximum Gasteiger partial charge on any atom is 0.305 e. The van der Waals surface area contributed by atoms with Gasteiger partial charge in [0, 0.05) is 12.8 Å². The molecule has 0 saturated carbocycles. The smallest absolute Gasteiger partial charge is 0.305 e. The van der Waals surface area contributed by atoms with E-state index in [1.54, 1.807) is 6.08 Å². The van der Waals surface area contributed by atoms with Crippen LogP contribution in [-0.2, 0) is 14.3 Å². The standard InChI is InChI=1S/C61H115NO5/c1-3-5-7-9-11-13-15-17-19-21-22-23-27-31-35-39-43-47-51-55-61(66)67-56-52-48-44-40-36-32-28-24-26-30-34-38-42-46-50-54-60(65)62-58(57-63)59(64)53-49-45-41-37-33-29-25-20-18-16-14-12-10-8-6-4-2/h17,19,28,32,49,53,58-59,63-64H,3-16,18,20-27,29-31,33-48,50-52,54-57H2,1-2H3,(H,62,65)/b19-17-,32-28-,53-49+. The van der Waals surface area contributed by atoms with Crippen molar-refractivity contribution in [3.05, 3.63) is 36.5 Å². The van der Waals surface area contributed by atoms with Crippen LogP contribution in [0, 0.1) is 0 Å². The number of ether oxygens (including phenoxy) is 1. The first-order chi connectivity index (χ1) is 33.0. The van der Waals surface area contributed by atoms with Gasteiger partial charge in [0.15, 0.2) is 0 Å². The summed E-state index contributed by atoms with van der Waals surface area (Å²) in [6, 6.07) is -0.640. The third-order valence-corrected chi connectivity index (χ3v) is 13.6. The SMILES string of the molecule is CCCCCCCC/C=C\CCCCCCCCCCCC(=O)OCCCCCC/C=C\CCCCCCCCCC(=O)NC(CO)C(O)/C=C/CCCCCCCCCCCCCCCC. The average Bonchev–Trinajstić information content (AvgIpc) is 3.33. The molecule has 2 atom stereocenters. The molecular weight excluding hydrogens is 827 g/mol. The van der Waals surface area contributed by atoms with Gasteiger partial charge in [-0.15, -0.1) is 0 Å². The molecule has 0 saturated heterocycles. The Balaban J connectivity index is 3.48. The molecule has 0 aliphatic heterocycles. The first-order valence-corrected chi connectivity index (χ1v) is 29.8. The fraction of sp³-hybridized carbons (Fsp3) is 0.869. The first kappa shape index (κ1) is 65.1. The number of hydrogen-bond donors (Lipinski definition) is 3. The Morgan fingerprint density at radius 2 is 0.701 bits per heavy atom. The van der Waals surface area contributed by atoms with Crippen molar-refractivity contribution in [2.45, 2.75) is 328 Å². The molecule has 3 N–H and O–H groups in total. The van der Waals surface area contributed by atoms with Crippen LogP contribution in [0.15, 0.2) is 36.5 Å². The number of aliphatic hydroxyl groups is 2. The van der Waals surface area contributed by atoms with E-state index >= 15 is 0 Å². The zero-order chi connectivity index (χ0) is 48.6. The zero-order valence-electron chi connectivity index (χ0n) is 44.9. The van der Waals surface area contributed by atoms with Gasteiger partial charge in [0.2, 0.25) is 5.91 Å². The third-order valence-electron chi connectivity index (χ3n) is 13.6. The minimum Gasteiger partial charge on any atom is -0.466 e. The lowest BCUT2D eigenvalue weighted by atomic mass is 10.0. The van der Waals surface area contributed by atoms with Crippen LogP contribution in [0.4, 0.5) is 0 Å². The number of hydrogen-bond acceptors (Lipinski definition) is 5. The van der Waals surface area contributed by atoms with E-state index in [0.717, 1.165) is 70.6 Å². The number of rotatable bonds is 55. The highest BCUT2D eigenvalue weighted by Gasteiger charge is 2.18. The lowest BCUT2D eigenvalue weighted by molar-refractivity contribution is -0.143. The van der Waals surface area contributed by atoms with Crippen LogP contribution in [0.25, 0.3) is 0 Å². The van der Waals surface area contributed by atoms with Crippen molar-refractivity contribution in [2.75, 3.05) is 13.2 Å². The molecule has 2 unspecified atom stereocenters. The Labute approximate surface area is 417 Å². The van der Waals surface area contributed by atoms with Crippen molar-refractivity contribution >= 4 is 11.9 Å².